The van der Waals surface area contributed by atoms with Crippen LogP contribution in [0.2, 0.25) is 0 Å². The first kappa shape index (κ1) is 10.4. The van der Waals surface area contributed by atoms with Crippen LogP contribution in [0.1, 0.15) is 6.92 Å². The molecule has 13 heavy (non-hydrogen) atoms. The zero-order valence-corrected chi connectivity index (χ0v) is 6.66. The number of ether oxygens (including phenoxy) is 1. The molecule has 1 saturated heterocycles. The van der Waals surface area contributed by atoms with Crippen molar-refractivity contribution in [2.45, 2.75) is 24.6 Å². The highest BCUT2D eigenvalue weighted by atomic mass is 19.3. The van der Waals surface area contributed by atoms with Crippen LogP contribution in [-0.4, -0.2) is 24.3 Å². The van der Waals surface area contributed by atoms with Gasteiger partial charge in [0.05, 0.1) is 0 Å². The van der Waals surface area contributed by atoms with Crippen LogP contribution in [0.4, 0.5) is 22.0 Å². The van der Waals surface area contributed by atoms with E-state index in [-0.39, 0.29) is 6.08 Å². The topological polar surface area (TPSA) is 9.23 Å². The fraction of sp³-hybridized carbons (Fsp3) is 0.714. The number of rotatable bonds is 1. The molecule has 1 aliphatic heterocycles. The Morgan fingerprint density at radius 2 is 1.69 bits per heavy atom. The average molecular weight is 202 g/mol. The molecule has 0 spiro atoms. The lowest BCUT2D eigenvalue weighted by Crippen LogP contribution is -2.48. The standard InChI is InChI=1S/C7H7F5O/c1-2-3-6(10)7(11,12)5(8,9)4-13-6/h2-3H,4H2,1H3. The summed E-state index contributed by atoms with van der Waals surface area (Å²) in [6.07, 6.45) is 1.18. The molecular formula is C7H7F5O. The Balaban J connectivity index is 3.06. The second-order valence-corrected chi connectivity index (χ2v) is 2.71. The van der Waals surface area contributed by atoms with Gasteiger partial charge >= 0.3 is 11.8 Å². The van der Waals surface area contributed by atoms with E-state index in [1.54, 1.807) is 0 Å². The highest BCUT2D eigenvalue weighted by Gasteiger charge is 2.75. The van der Waals surface area contributed by atoms with Gasteiger partial charge in [-0.15, -0.1) is 0 Å². The normalized spacial score (nSPS) is 37.1. The van der Waals surface area contributed by atoms with Gasteiger partial charge in [0.1, 0.15) is 6.61 Å². The van der Waals surface area contributed by atoms with Crippen LogP contribution in [0, 0.1) is 0 Å². The third kappa shape index (κ3) is 1.23. The quantitative estimate of drug-likeness (QED) is 0.469. The van der Waals surface area contributed by atoms with Crippen LogP contribution in [0.15, 0.2) is 12.2 Å². The van der Waals surface area contributed by atoms with Gasteiger partial charge in [0.25, 0.3) is 5.85 Å². The van der Waals surface area contributed by atoms with Crippen molar-refractivity contribution in [2.24, 2.45) is 0 Å². The SMILES string of the molecule is CC=CC1(F)OCC(F)(F)C1(F)F. The van der Waals surface area contributed by atoms with E-state index in [1.807, 2.05) is 0 Å². The Bertz CT molecular complexity index is 237. The third-order valence-corrected chi connectivity index (χ3v) is 1.73. The lowest BCUT2D eigenvalue weighted by Gasteiger charge is -2.24. The molecule has 0 aromatic heterocycles. The number of allylic oxidation sites excluding steroid dienone is 1. The molecule has 6 heteroatoms. The van der Waals surface area contributed by atoms with Gasteiger partial charge in [-0.3, -0.25) is 0 Å². The summed E-state index contributed by atoms with van der Waals surface area (Å²) in [4.78, 5) is 0. The molecule has 0 aliphatic carbocycles. The van der Waals surface area contributed by atoms with E-state index < -0.39 is 24.3 Å². The molecule has 0 aromatic rings. The van der Waals surface area contributed by atoms with Gasteiger partial charge in [-0.2, -0.15) is 17.6 Å². The van der Waals surface area contributed by atoms with Gasteiger partial charge in [-0.1, -0.05) is 6.08 Å². The molecule has 1 atom stereocenters. The van der Waals surface area contributed by atoms with Crippen LogP contribution in [0.5, 0.6) is 0 Å². The van der Waals surface area contributed by atoms with Crippen molar-refractivity contribution in [1.82, 2.24) is 0 Å². The molecule has 76 valence electrons. The maximum absolute atomic E-state index is 13.0. The van der Waals surface area contributed by atoms with E-state index in [2.05, 4.69) is 4.74 Å². The summed E-state index contributed by atoms with van der Waals surface area (Å²) >= 11 is 0. The predicted octanol–water partition coefficient (Wildman–Crippen LogP) is 2.53. The van der Waals surface area contributed by atoms with Gasteiger partial charge in [0.15, 0.2) is 0 Å². The summed E-state index contributed by atoms with van der Waals surface area (Å²) in [6.45, 7) is -0.377. The minimum absolute atomic E-state index is 0.286. The van der Waals surface area contributed by atoms with Crippen molar-refractivity contribution in [3.63, 3.8) is 0 Å². The molecule has 0 N–H and O–H groups in total. The smallest absolute Gasteiger partial charge is 0.331 e. The van der Waals surface area contributed by atoms with Crippen LogP contribution in [0.25, 0.3) is 0 Å². The molecule has 1 unspecified atom stereocenters. The van der Waals surface area contributed by atoms with Crippen molar-refractivity contribution in [1.29, 1.82) is 0 Å². The first-order valence-corrected chi connectivity index (χ1v) is 3.49. The van der Waals surface area contributed by atoms with E-state index >= 15 is 0 Å². The minimum Gasteiger partial charge on any atom is -0.331 e. The first-order valence-electron chi connectivity index (χ1n) is 3.49. The predicted molar refractivity (Wildman–Crippen MR) is 34.5 cm³/mol. The average Bonchev–Trinajstić information content (AvgIpc) is 2.13. The molecule has 1 fully saturated rings. The largest absolute Gasteiger partial charge is 0.373 e. The maximum atomic E-state index is 13.0. The van der Waals surface area contributed by atoms with Gasteiger partial charge in [0.2, 0.25) is 0 Å². The summed E-state index contributed by atoms with van der Waals surface area (Å²) in [5, 5.41) is 0. The van der Waals surface area contributed by atoms with Gasteiger partial charge < -0.3 is 4.74 Å². The lowest BCUT2D eigenvalue weighted by molar-refractivity contribution is -0.244. The van der Waals surface area contributed by atoms with Gasteiger partial charge in [-0.25, -0.2) is 4.39 Å². The Morgan fingerprint density at radius 1 is 1.15 bits per heavy atom. The molecule has 1 aliphatic rings. The molecule has 1 nitrogen and oxygen atoms in total. The van der Waals surface area contributed by atoms with Crippen molar-refractivity contribution < 1.29 is 26.7 Å². The molecule has 0 amide bonds. The molecule has 0 bridgehead atoms. The Labute approximate surface area is 71.2 Å². The Hall–Kier alpha value is -0.650. The molecule has 1 heterocycles. The molecule has 0 aromatic carbocycles. The van der Waals surface area contributed by atoms with E-state index in [9.17, 15) is 22.0 Å². The van der Waals surface area contributed by atoms with Crippen LogP contribution in [-0.2, 0) is 4.74 Å². The van der Waals surface area contributed by atoms with Crippen molar-refractivity contribution in [3.8, 4) is 0 Å². The van der Waals surface area contributed by atoms with E-state index in [4.69, 9.17) is 0 Å². The second kappa shape index (κ2) is 2.67. The molecule has 1 rings (SSSR count). The van der Waals surface area contributed by atoms with Crippen LogP contribution < -0.4 is 0 Å². The summed E-state index contributed by atoms with van der Waals surface area (Å²) in [5.74, 6) is -13.0. The summed E-state index contributed by atoms with van der Waals surface area (Å²) < 4.78 is 66.9. The fourth-order valence-electron chi connectivity index (χ4n) is 0.993. The monoisotopic (exact) mass is 202 g/mol. The zero-order valence-electron chi connectivity index (χ0n) is 6.66. The van der Waals surface area contributed by atoms with Crippen LogP contribution >= 0.6 is 0 Å². The third-order valence-electron chi connectivity index (χ3n) is 1.73. The number of hydrogen-bond acceptors (Lipinski definition) is 1. The van der Waals surface area contributed by atoms with E-state index in [0.717, 1.165) is 6.08 Å². The van der Waals surface area contributed by atoms with Crippen molar-refractivity contribution in [3.05, 3.63) is 12.2 Å². The molecular weight excluding hydrogens is 195 g/mol. The Morgan fingerprint density at radius 3 is 2.00 bits per heavy atom. The highest BCUT2D eigenvalue weighted by Crippen LogP contribution is 2.51. The van der Waals surface area contributed by atoms with Gasteiger partial charge in [0, 0.05) is 0 Å². The number of hydrogen-bond donors (Lipinski definition) is 0. The number of halogens is 5. The second-order valence-electron chi connectivity index (χ2n) is 2.71. The highest BCUT2D eigenvalue weighted by molar-refractivity contribution is 5.12. The van der Waals surface area contributed by atoms with Crippen molar-refractivity contribution in [2.75, 3.05) is 6.61 Å². The van der Waals surface area contributed by atoms with Gasteiger partial charge in [-0.05, 0) is 13.0 Å². The Kier molecular flexibility index (Phi) is 2.14. The van der Waals surface area contributed by atoms with E-state index in [1.165, 1.54) is 6.92 Å². The minimum atomic E-state index is -4.81. The summed E-state index contributed by atoms with van der Waals surface area (Å²) in [6, 6.07) is 0. The molecule has 0 radical (unpaired) electrons. The lowest BCUT2D eigenvalue weighted by atomic mass is 10.1. The summed E-state index contributed by atoms with van der Waals surface area (Å²) in [5.41, 5.74) is 0. The van der Waals surface area contributed by atoms with E-state index in [0.29, 0.717) is 0 Å². The van der Waals surface area contributed by atoms with Crippen molar-refractivity contribution >= 4 is 0 Å². The first-order chi connectivity index (χ1) is 5.77. The molecule has 0 saturated carbocycles. The number of alkyl halides is 5. The zero-order chi connectivity index (χ0) is 10.3. The van der Waals surface area contributed by atoms with Crippen LogP contribution in [0.3, 0.4) is 0 Å². The fourth-order valence-corrected chi connectivity index (χ4v) is 0.993. The summed E-state index contributed by atoms with van der Waals surface area (Å²) in [7, 11) is 0. The maximum Gasteiger partial charge on any atom is 0.373 e.